The van der Waals surface area contributed by atoms with Crippen molar-refractivity contribution in [2.75, 3.05) is 13.7 Å². The Morgan fingerprint density at radius 1 is 1.14 bits per heavy atom. The van der Waals surface area contributed by atoms with Crippen LogP contribution in [-0.2, 0) is 16.0 Å². The molecule has 0 amide bonds. The molecule has 3 aromatic rings. The molecule has 151 valence electrons. The lowest BCUT2D eigenvalue weighted by molar-refractivity contribution is -0.142. The van der Waals surface area contributed by atoms with Crippen LogP contribution >= 0.6 is 0 Å². The summed E-state index contributed by atoms with van der Waals surface area (Å²) in [4.78, 5) is 25.3. The van der Waals surface area contributed by atoms with Gasteiger partial charge in [-0.15, -0.1) is 0 Å². The van der Waals surface area contributed by atoms with E-state index in [0.717, 1.165) is 12.8 Å². The number of nitrogens with zero attached hydrogens (tertiary/aromatic N) is 1. The van der Waals surface area contributed by atoms with Crippen LogP contribution in [0.5, 0.6) is 5.75 Å². The number of carbonyl (C=O) groups is 2. The summed E-state index contributed by atoms with van der Waals surface area (Å²) in [6, 6.07) is 12.0. The molecule has 2 aromatic carbocycles. The first-order valence-corrected chi connectivity index (χ1v) is 9.52. The molecule has 0 fully saturated rings. The number of carbonyl (C=O) groups excluding carboxylic acids is 2. The van der Waals surface area contributed by atoms with E-state index in [-0.39, 0.29) is 18.3 Å². The summed E-state index contributed by atoms with van der Waals surface area (Å²) in [5.74, 6) is -0.522. The molecule has 1 radical (unpaired) electrons. The van der Waals surface area contributed by atoms with Crippen molar-refractivity contribution < 1.29 is 23.5 Å². The SMILES string of the molecule is CCCCOC(=O)Cc1c(OC)ccc2c1[c]c(C)n2C(=O)c1ccc(F)cc1. The Morgan fingerprint density at radius 2 is 1.86 bits per heavy atom. The predicted octanol–water partition coefficient (Wildman–Crippen LogP) is 4.47. The maximum Gasteiger partial charge on any atom is 0.310 e. The molecule has 0 saturated carbocycles. The van der Waals surface area contributed by atoms with E-state index in [9.17, 15) is 14.0 Å². The zero-order valence-corrected chi connectivity index (χ0v) is 16.8. The third-order valence-electron chi connectivity index (χ3n) is 4.73. The number of benzene rings is 2. The number of aromatic nitrogens is 1. The highest BCUT2D eigenvalue weighted by molar-refractivity contribution is 6.04. The third-order valence-corrected chi connectivity index (χ3v) is 4.73. The molecule has 0 N–H and O–H groups in total. The molecule has 0 aliphatic rings. The molecule has 29 heavy (non-hydrogen) atoms. The summed E-state index contributed by atoms with van der Waals surface area (Å²) in [6.07, 6.45) is 1.77. The van der Waals surface area contributed by atoms with Gasteiger partial charge < -0.3 is 9.47 Å². The molecule has 0 aliphatic carbocycles. The van der Waals surface area contributed by atoms with Crippen LogP contribution in [0.15, 0.2) is 36.4 Å². The van der Waals surface area contributed by atoms with Crippen molar-refractivity contribution in [2.24, 2.45) is 0 Å². The molecule has 0 saturated heterocycles. The van der Waals surface area contributed by atoms with E-state index in [2.05, 4.69) is 6.07 Å². The molecule has 5 nitrogen and oxygen atoms in total. The summed E-state index contributed by atoms with van der Waals surface area (Å²) in [5.41, 5.74) is 2.18. The lowest BCUT2D eigenvalue weighted by Gasteiger charge is -2.12. The maximum absolute atomic E-state index is 13.2. The summed E-state index contributed by atoms with van der Waals surface area (Å²) in [5, 5.41) is 0.629. The second-order valence-corrected chi connectivity index (χ2v) is 6.75. The standard InChI is InChI=1S/C23H23FNO4/c1-4-5-12-29-22(26)14-19-18-13-15(2)25(20(18)10-11-21(19)28-3)23(27)16-6-8-17(24)9-7-16/h6-11H,4-5,12,14H2,1-3H3. The average molecular weight is 396 g/mol. The molecule has 1 aromatic heterocycles. The highest BCUT2D eigenvalue weighted by Gasteiger charge is 2.21. The van der Waals surface area contributed by atoms with Crippen molar-refractivity contribution in [3.63, 3.8) is 0 Å². The van der Waals surface area contributed by atoms with Gasteiger partial charge in [0.2, 0.25) is 0 Å². The molecule has 0 aliphatic heterocycles. The highest BCUT2D eigenvalue weighted by atomic mass is 19.1. The number of rotatable bonds is 7. The van der Waals surface area contributed by atoms with Crippen molar-refractivity contribution in [1.29, 1.82) is 0 Å². The Labute approximate surface area is 169 Å². The van der Waals surface area contributed by atoms with E-state index >= 15 is 0 Å². The molecule has 0 spiro atoms. The van der Waals surface area contributed by atoms with Gasteiger partial charge in [-0.2, -0.15) is 0 Å². The number of hydrogen-bond donors (Lipinski definition) is 0. The Bertz CT molecular complexity index is 1040. The van der Waals surface area contributed by atoms with Gasteiger partial charge in [0.05, 0.1) is 25.7 Å². The molecule has 6 heteroatoms. The van der Waals surface area contributed by atoms with Crippen molar-refractivity contribution >= 4 is 22.8 Å². The maximum atomic E-state index is 13.2. The summed E-state index contributed by atoms with van der Waals surface area (Å²) in [6.45, 7) is 4.16. The van der Waals surface area contributed by atoms with Crippen molar-refractivity contribution in [3.05, 3.63) is 65.1 Å². The van der Waals surface area contributed by atoms with Gasteiger partial charge in [0.25, 0.3) is 5.91 Å². The van der Waals surface area contributed by atoms with Crippen LogP contribution in [0.2, 0.25) is 0 Å². The molecular weight excluding hydrogens is 373 g/mol. The highest BCUT2D eigenvalue weighted by Crippen LogP contribution is 2.31. The molecule has 0 unspecified atom stereocenters. The zero-order valence-electron chi connectivity index (χ0n) is 16.8. The largest absolute Gasteiger partial charge is 0.496 e. The van der Waals surface area contributed by atoms with Crippen LogP contribution < -0.4 is 4.74 Å². The molecule has 0 atom stereocenters. The summed E-state index contributed by atoms with van der Waals surface area (Å²) in [7, 11) is 1.53. The van der Waals surface area contributed by atoms with E-state index in [4.69, 9.17) is 9.47 Å². The van der Waals surface area contributed by atoms with Crippen molar-refractivity contribution in [1.82, 2.24) is 4.57 Å². The van der Waals surface area contributed by atoms with Gasteiger partial charge in [0, 0.05) is 28.3 Å². The van der Waals surface area contributed by atoms with Gasteiger partial charge in [-0.25, -0.2) is 4.39 Å². The fraction of sp³-hybridized carbons (Fsp3) is 0.304. The number of unbranched alkanes of at least 4 members (excludes halogenated alkanes) is 1. The number of aryl methyl sites for hydroxylation is 1. The quantitative estimate of drug-likeness (QED) is 0.437. The van der Waals surface area contributed by atoms with Crippen molar-refractivity contribution in [3.8, 4) is 5.75 Å². The van der Waals surface area contributed by atoms with Crippen LogP contribution in [0.4, 0.5) is 4.39 Å². The zero-order chi connectivity index (χ0) is 21.0. The van der Waals surface area contributed by atoms with Gasteiger partial charge in [0.15, 0.2) is 0 Å². The molecule has 1 heterocycles. The van der Waals surface area contributed by atoms with Crippen LogP contribution in [0.3, 0.4) is 0 Å². The minimum Gasteiger partial charge on any atom is -0.496 e. The minimum atomic E-state index is -0.407. The lowest BCUT2D eigenvalue weighted by Crippen LogP contribution is -2.13. The number of ether oxygens (including phenoxy) is 2. The number of fused-ring (bicyclic) bond motifs is 1. The second-order valence-electron chi connectivity index (χ2n) is 6.75. The van der Waals surface area contributed by atoms with Gasteiger partial charge >= 0.3 is 5.97 Å². The number of hydrogen-bond acceptors (Lipinski definition) is 4. The second kappa shape index (κ2) is 8.90. The van der Waals surface area contributed by atoms with Gasteiger partial charge in [0.1, 0.15) is 11.6 Å². The smallest absolute Gasteiger partial charge is 0.310 e. The topological polar surface area (TPSA) is 57.5 Å². The summed E-state index contributed by atoms with van der Waals surface area (Å²) >= 11 is 0. The van der Waals surface area contributed by atoms with Crippen LogP contribution in [-0.4, -0.2) is 30.2 Å². The van der Waals surface area contributed by atoms with E-state index < -0.39 is 5.82 Å². The first-order valence-electron chi connectivity index (χ1n) is 9.52. The number of methoxy groups -OCH3 is 1. The first-order chi connectivity index (χ1) is 14.0. The number of halogens is 1. The fourth-order valence-corrected chi connectivity index (χ4v) is 3.24. The van der Waals surface area contributed by atoms with Gasteiger partial charge in [-0.05, 0) is 49.7 Å². The lowest BCUT2D eigenvalue weighted by atomic mass is 10.1. The van der Waals surface area contributed by atoms with Crippen LogP contribution in [0, 0.1) is 18.8 Å². The number of esters is 1. The normalized spacial score (nSPS) is 10.9. The predicted molar refractivity (Wildman–Crippen MR) is 108 cm³/mol. The summed E-state index contributed by atoms with van der Waals surface area (Å²) < 4.78 is 25.4. The molecule has 3 rings (SSSR count). The van der Waals surface area contributed by atoms with E-state index in [1.54, 1.807) is 19.1 Å². The Hall–Kier alpha value is -3.15. The van der Waals surface area contributed by atoms with Crippen LogP contribution in [0.25, 0.3) is 10.9 Å². The van der Waals surface area contributed by atoms with Gasteiger partial charge in [-0.3, -0.25) is 14.2 Å². The first kappa shape index (κ1) is 20.6. The Balaban J connectivity index is 2.02. The van der Waals surface area contributed by atoms with E-state index in [0.29, 0.717) is 40.1 Å². The molecular formula is C23H23FNO4. The molecule has 0 bridgehead atoms. The fourth-order valence-electron chi connectivity index (χ4n) is 3.24. The van der Waals surface area contributed by atoms with Crippen LogP contribution in [0.1, 0.15) is 41.4 Å². The Morgan fingerprint density at radius 3 is 2.52 bits per heavy atom. The average Bonchev–Trinajstić information content (AvgIpc) is 3.05. The Kier molecular flexibility index (Phi) is 6.32. The van der Waals surface area contributed by atoms with E-state index in [1.165, 1.54) is 35.9 Å². The monoisotopic (exact) mass is 396 g/mol. The van der Waals surface area contributed by atoms with E-state index in [1.807, 2.05) is 6.92 Å². The third kappa shape index (κ3) is 4.31. The minimum absolute atomic E-state index is 0.0227. The van der Waals surface area contributed by atoms with Crippen molar-refractivity contribution in [2.45, 2.75) is 33.1 Å². The van der Waals surface area contributed by atoms with Gasteiger partial charge in [-0.1, -0.05) is 13.3 Å².